The molecule has 1 aliphatic heterocycles. The van der Waals surface area contributed by atoms with E-state index in [1.54, 1.807) is 6.07 Å². The van der Waals surface area contributed by atoms with Crippen LogP contribution in [0, 0.1) is 10.1 Å². The summed E-state index contributed by atoms with van der Waals surface area (Å²) in [6, 6.07) is 4.67. The summed E-state index contributed by atoms with van der Waals surface area (Å²) in [5, 5.41) is 19.9. The van der Waals surface area contributed by atoms with Crippen LogP contribution < -0.4 is 5.46 Å². The zero-order valence-electron chi connectivity index (χ0n) is 6.93. The van der Waals surface area contributed by atoms with Crippen LogP contribution in [0.4, 0.5) is 5.69 Å². The molecule has 0 saturated heterocycles. The highest BCUT2D eigenvalue weighted by Crippen LogP contribution is 2.17. The Morgan fingerprint density at radius 2 is 2.31 bits per heavy atom. The molecule has 1 N–H and O–H groups in total. The largest absolute Gasteiger partial charge is 0.446 e. The van der Waals surface area contributed by atoms with E-state index in [1.807, 2.05) is 0 Å². The summed E-state index contributed by atoms with van der Waals surface area (Å²) in [5.41, 5.74) is 1.80. The smallest absolute Gasteiger partial charge is 0.324 e. The van der Waals surface area contributed by atoms with Crippen molar-refractivity contribution in [1.29, 1.82) is 0 Å². The van der Waals surface area contributed by atoms with Crippen LogP contribution >= 0.6 is 0 Å². The number of nitro benzene ring substituents is 1. The third-order valence-corrected chi connectivity index (χ3v) is 2.39. The van der Waals surface area contributed by atoms with E-state index in [9.17, 15) is 15.1 Å². The summed E-state index contributed by atoms with van der Waals surface area (Å²) in [6.45, 7) is -0.519. The Morgan fingerprint density at radius 1 is 1.54 bits per heavy atom. The van der Waals surface area contributed by atoms with Crippen LogP contribution in [0.5, 0.6) is 0 Å². The Bertz CT molecular complexity index is 366. The van der Waals surface area contributed by atoms with Gasteiger partial charge in [0, 0.05) is 12.1 Å². The molecule has 0 aromatic heterocycles. The predicted octanol–water partition coefficient (Wildman–Crippen LogP) is 0.342. The van der Waals surface area contributed by atoms with Crippen LogP contribution in [-0.4, -0.2) is 16.9 Å². The SMILES string of the molecule is O=[N+]([O-])c1ccc2c(c1)B(O)CC2. The number of aryl methyl sites for hydroxylation is 1. The molecule has 0 radical (unpaired) electrons. The van der Waals surface area contributed by atoms with Gasteiger partial charge in [-0.3, -0.25) is 10.1 Å². The Morgan fingerprint density at radius 3 is 3.00 bits per heavy atom. The van der Waals surface area contributed by atoms with Crippen LogP contribution in [0.25, 0.3) is 0 Å². The number of fused-ring (bicyclic) bond motifs is 1. The van der Waals surface area contributed by atoms with Gasteiger partial charge in [0.1, 0.15) is 0 Å². The molecule has 0 atom stereocenters. The standard InChI is InChI=1S/C8H8BNO3/c11-9-4-3-6-1-2-7(10(12)13)5-8(6)9/h1-2,5,11H,3-4H2. The van der Waals surface area contributed by atoms with Crippen molar-refractivity contribution in [3.63, 3.8) is 0 Å². The molecule has 0 spiro atoms. The summed E-state index contributed by atoms with van der Waals surface area (Å²) in [7, 11) is 0. The molecule has 0 amide bonds. The summed E-state index contributed by atoms with van der Waals surface area (Å²) in [6.07, 6.45) is 1.49. The van der Waals surface area contributed by atoms with E-state index in [-0.39, 0.29) is 5.69 Å². The van der Waals surface area contributed by atoms with Crippen LogP contribution in [0.1, 0.15) is 5.56 Å². The topological polar surface area (TPSA) is 63.4 Å². The molecule has 1 aromatic carbocycles. The van der Waals surface area contributed by atoms with Gasteiger partial charge in [0.05, 0.1) is 4.92 Å². The van der Waals surface area contributed by atoms with Gasteiger partial charge in [0.2, 0.25) is 0 Å². The van der Waals surface area contributed by atoms with Gasteiger partial charge in [-0.1, -0.05) is 11.6 Å². The first-order chi connectivity index (χ1) is 6.18. The second kappa shape index (κ2) is 2.85. The zero-order chi connectivity index (χ0) is 9.42. The van der Waals surface area contributed by atoms with E-state index in [1.165, 1.54) is 12.1 Å². The van der Waals surface area contributed by atoms with Gasteiger partial charge >= 0.3 is 6.92 Å². The molecule has 0 unspecified atom stereocenters. The number of non-ortho nitro benzene ring substituents is 1. The van der Waals surface area contributed by atoms with Gasteiger partial charge in [0.15, 0.2) is 0 Å². The first-order valence-corrected chi connectivity index (χ1v) is 4.14. The molecule has 1 aliphatic rings. The van der Waals surface area contributed by atoms with Crippen molar-refractivity contribution >= 4 is 18.1 Å². The van der Waals surface area contributed by atoms with E-state index in [4.69, 9.17) is 0 Å². The summed E-state index contributed by atoms with van der Waals surface area (Å²) in [5.74, 6) is 0. The summed E-state index contributed by atoms with van der Waals surface area (Å²) >= 11 is 0. The van der Waals surface area contributed by atoms with Gasteiger partial charge in [0.25, 0.3) is 5.69 Å². The molecule has 2 rings (SSSR count). The Labute approximate surface area is 75.5 Å². The molecule has 0 aliphatic carbocycles. The average molecular weight is 177 g/mol. The van der Waals surface area contributed by atoms with Crippen molar-refractivity contribution < 1.29 is 9.95 Å². The maximum absolute atomic E-state index is 10.4. The highest BCUT2D eigenvalue weighted by Gasteiger charge is 2.26. The number of benzene rings is 1. The maximum atomic E-state index is 10.4. The number of rotatable bonds is 1. The van der Waals surface area contributed by atoms with Gasteiger partial charge in [-0.25, -0.2) is 0 Å². The lowest BCUT2D eigenvalue weighted by molar-refractivity contribution is -0.384. The number of hydrogen-bond donors (Lipinski definition) is 1. The van der Waals surface area contributed by atoms with Crippen LogP contribution in [0.3, 0.4) is 0 Å². The van der Waals surface area contributed by atoms with Crippen molar-refractivity contribution in [2.45, 2.75) is 12.7 Å². The van der Waals surface area contributed by atoms with Crippen LogP contribution in [0.2, 0.25) is 6.32 Å². The lowest BCUT2D eigenvalue weighted by Crippen LogP contribution is -2.26. The molecule has 1 aromatic rings. The van der Waals surface area contributed by atoms with Crippen molar-refractivity contribution in [1.82, 2.24) is 0 Å². The first kappa shape index (κ1) is 8.25. The van der Waals surface area contributed by atoms with Gasteiger partial charge in [-0.15, -0.1) is 0 Å². The number of nitrogens with zero attached hydrogens (tertiary/aromatic N) is 1. The minimum Gasteiger partial charge on any atom is -0.446 e. The molecular weight excluding hydrogens is 169 g/mol. The third kappa shape index (κ3) is 1.31. The lowest BCUT2D eigenvalue weighted by Gasteiger charge is -1.99. The van der Waals surface area contributed by atoms with Crippen LogP contribution in [-0.2, 0) is 6.42 Å². The quantitative estimate of drug-likeness (QED) is 0.382. The zero-order valence-corrected chi connectivity index (χ0v) is 6.93. The predicted molar refractivity (Wildman–Crippen MR) is 49.2 cm³/mol. The van der Waals surface area contributed by atoms with E-state index in [0.29, 0.717) is 11.8 Å². The number of nitro groups is 1. The highest BCUT2D eigenvalue weighted by molar-refractivity contribution is 6.68. The van der Waals surface area contributed by atoms with Crippen molar-refractivity contribution in [2.24, 2.45) is 0 Å². The first-order valence-electron chi connectivity index (χ1n) is 4.14. The van der Waals surface area contributed by atoms with Crippen molar-refractivity contribution in [2.75, 3.05) is 0 Å². The fourth-order valence-corrected chi connectivity index (χ4v) is 1.68. The van der Waals surface area contributed by atoms with Crippen molar-refractivity contribution in [3.8, 4) is 0 Å². The normalized spacial score (nSPS) is 14.4. The molecule has 5 heteroatoms. The van der Waals surface area contributed by atoms with Gasteiger partial charge in [-0.05, 0) is 18.2 Å². The minimum absolute atomic E-state index is 0.0553. The second-order valence-electron chi connectivity index (χ2n) is 3.19. The summed E-state index contributed by atoms with van der Waals surface area (Å²) in [4.78, 5) is 9.99. The number of hydrogen-bond acceptors (Lipinski definition) is 3. The lowest BCUT2D eigenvalue weighted by atomic mass is 9.63. The Balaban J connectivity index is 2.47. The molecule has 66 valence electrons. The fraction of sp³-hybridized carbons (Fsp3) is 0.250. The molecule has 0 bridgehead atoms. The second-order valence-corrected chi connectivity index (χ2v) is 3.19. The van der Waals surface area contributed by atoms with E-state index in [0.717, 1.165) is 12.0 Å². The maximum Gasteiger partial charge on any atom is 0.324 e. The van der Waals surface area contributed by atoms with Gasteiger partial charge in [-0.2, -0.15) is 0 Å². The van der Waals surface area contributed by atoms with E-state index >= 15 is 0 Å². The van der Waals surface area contributed by atoms with Crippen molar-refractivity contribution in [3.05, 3.63) is 33.9 Å². The highest BCUT2D eigenvalue weighted by atomic mass is 16.6. The van der Waals surface area contributed by atoms with E-state index in [2.05, 4.69) is 0 Å². The van der Waals surface area contributed by atoms with E-state index < -0.39 is 11.8 Å². The summed E-state index contributed by atoms with van der Waals surface area (Å²) < 4.78 is 0. The molecule has 4 nitrogen and oxygen atoms in total. The Hall–Kier alpha value is -1.36. The van der Waals surface area contributed by atoms with Gasteiger partial charge < -0.3 is 5.02 Å². The third-order valence-electron chi connectivity index (χ3n) is 2.39. The monoisotopic (exact) mass is 177 g/mol. The average Bonchev–Trinajstić information content (AvgIpc) is 2.47. The molecule has 1 heterocycles. The molecule has 13 heavy (non-hydrogen) atoms. The minimum atomic E-state index is -0.519. The van der Waals surface area contributed by atoms with Crippen LogP contribution in [0.15, 0.2) is 18.2 Å². The molecular formula is C8H8BNO3. The fourth-order valence-electron chi connectivity index (χ4n) is 1.68. The Kier molecular flexibility index (Phi) is 1.81. The molecule has 0 saturated carbocycles. The molecule has 0 fully saturated rings.